The third-order valence-electron chi connectivity index (χ3n) is 2.84. The van der Waals surface area contributed by atoms with Crippen LogP contribution in [0.2, 0.25) is 0 Å². The molecule has 0 radical (unpaired) electrons. The van der Waals surface area contributed by atoms with E-state index in [0.717, 1.165) is 19.6 Å². The molecule has 0 aromatic carbocycles. The Bertz CT molecular complexity index is 184. The molecule has 0 aromatic heterocycles. The van der Waals surface area contributed by atoms with E-state index in [2.05, 4.69) is 0 Å². The van der Waals surface area contributed by atoms with E-state index in [1.165, 1.54) is 6.42 Å². The Morgan fingerprint density at radius 3 is 2.73 bits per heavy atom. The molecule has 1 aliphatic heterocycles. The normalized spacial score (nSPS) is 31.5. The predicted octanol–water partition coefficient (Wildman–Crippen LogP) is 0.888. The fourth-order valence-electron chi connectivity index (χ4n) is 1.86. The highest BCUT2D eigenvalue weighted by Gasteiger charge is 2.58. The summed E-state index contributed by atoms with van der Waals surface area (Å²) in [5, 5.41) is 8.42. The molecule has 1 spiro atoms. The Hall–Kier alpha value is -0.570. The number of carboxylic acids is 1. The second-order valence-corrected chi connectivity index (χ2v) is 3.69. The van der Waals surface area contributed by atoms with E-state index in [0.29, 0.717) is 17.8 Å². The molecule has 11 heavy (non-hydrogen) atoms. The van der Waals surface area contributed by atoms with Crippen LogP contribution in [0.25, 0.3) is 0 Å². The SMILES string of the molecule is O=C(O)CCC1CC12COC2. The van der Waals surface area contributed by atoms with Crippen LogP contribution >= 0.6 is 0 Å². The second-order valence-electron chi connectivity index (χ2n) is 3.69. The van der Waals surface area contributed by atoms with E-state index < -0.39 is 5.97 Å². The number of carboxylic acid groups (broad SMARTS) is 1. The maximum atomic E-state index is 10.2. The lowest BCUT2D eigenvalue weighted by Crippen LogP contribution is -2.31. The van der Waals surface area contributed by atoms with Gasteiger partial charge in [-0.15, -0.1) is 0 Å². The summed E-state index contributed by atoms with van der Waals surface area (Å²) in [6.45, 7) is 1.74. The van der Waals surface area contributed by atoms with Crippen molar-refractivity contribution in [1.29, 1.82) is 0 Å². The van der Waals surface area contributed by atoms with Gasteiger partial charge in [-0.3, -0.25) is 4.79 Å². The topological polar surface area (TPSA) is 46.5 Å². The third kappa shape index (κ3) is 1.13. The van der Waals surface area contributed by atoms with Gasteiger partial charge in [0.15, 0.2) is 0 Å². The van der Waals surface area contributed by atoms with Crippen LogP contribution in [0.3, 0.4) is 0 Å². The van der Waals surface area contributed by atoms with E-state index >= 15 is 0 Å². The first-order valence-corrected chi connectivity index (χ1v) is 4.02. The fourth-order valence-corrected chi connectivity index (χ4v) is 1.86. The number of rotatable bonds is 3. The standard InChI is InChI=1S/C8H12O3/c9-7(10)2-1-6-3-8(6)4-11-5-8/h6H,1-5H2,(H,9,10). The molecular weight excluding hydrogens is 144 g/mol. The molecule has 3 heteroatoms. The molecule has 62 valence electrons. The maximum absolute atomic E-state index is 10.2. The van der Waals surface area contributed by atoms with Crippen molar-refractivity contribution in [2.24, 2.45) is 11.3 Å². The van der Waals surface area contributed by atoms with Crippen LogP contribution in [0.4, 0.5) is 0 Å². The van der Waals surface area contributed by atoms with Crippen molar-refractivity contribution < 1.29 is 14.6 Å². The summed E-state index contributed by atoms with van der Waals surface area (Å²) in [6.07, 6.45) is 2.37. The Labute approximate surface area is 65.4 Å². The van der Waals surface area contributed by atoms with Gasteiger partial charge < -0.3 is 9.84 Å². The number of hydrogen-bond acceptors (Lipinski definition) is 2. The molecule has 0 aromatic rings. The second kappa shape index (κ2) is 2.21. The van der Waals surface area contributed by atoms with Crippen LogP contribution in [0.5, 0.6) is 0 Å². The Morgan fingerprint density at radius 2 is 2.36 bits per heavy atom. The molecule has 1 saturated heterocycles. The van der Waals surface area contributed by atoms with Gasteiger partial charge in [-0.1, -0.05) is 0 Å². The lowest BCUT2D eigenvalue weighted by molar-refractivity contribution is -0.137. The minimum atomic E-state index is -0.674. The lowest BCUT2D eigenvalue weighted by atomic mass is 10.00. The zero-order chi connectivity index (χ0) is 7.90. The van der Waals surface area contributed by atoms with Gasteiger partial charge >= 0.3 is 5.97 Å². The van der Waals surface area contributed by atoms with E-state index in [9.17, 15) is 4.79 Å². The number of carbonyl (C=O) groups is 1. The van der Waals surface area contributed by atoms with Crippen LogP contribution in [0.1, 0.15) is 19.3 Å². The van der Waals surface area contributed by atoms with Crippen molar-refractivity contribution in [3.63, 3.8) is 0 Å². The van der Waals surface area contributed by atoms with Gasteiger partial charge in [0.05, 0.1) is 13.2 Å². The summed E-state index contributed by atoms with van der Waals surface area (Å²) < 4.78 is 5.09. The van der Waals surface area contributed by atoms with Crippen molar-refractivity contribution >= 4 is 5.97 Å². The minimum Gasteiger partial charge on any atom is -0.481 e. The van der Waals surface area contributed by atoms with Crippen LogP contribution in [0, 0.1) is 11.3 Å². The van der Waals surface area contributed by atoms with Crippen LogP contribution in [0.15, 0.2) is 0 Å². The summed E-state index contributed by atoms with van der Waals surface area (Å²) >= 11 is 0. The molecular formula is C8H12O3. The lowest BCUT2D eigenvalue weighted by Gasteiger charge is -2.27. The number of hydrogen-bond donors (Lipinski definition) is 1. The molecule has 1 saturated carbocycles. The molecule has 0 amide bonds. The first-order valence-electron chi connectivity index (χ1n) is 4.02. The maximum Gasteiger partial charge on any atom is 0.303 e. The highest BCUT2D eigenvalue weighted by Crippen LogP contribution is 2.59. The molecule has 1 aliphatic carbocycles. The van der Waals surface area contributed by atoms with E-state index in [1.807, 2.05) is 0 Å². The zero-order valence-corrected chi connectivity index (χ0v) is 6.38. The highest BCUT2D eigenvalue weighted by atomic mass is 16.5. The Morgan fingerprint density at radius 1 is 1.64 bits per heavy atom. The summed E-state index contributed by atoms with van der Waals surface area (Å²) in [5.74, 6) is -0.0281. The van der Waals surface area contributed by atoms with Gasteiger partial charge in [0, 0.05) is 11.8 Å². The van der Waals surface area contributed by atoms with E-state index in [-0.39, 0.29) is 0 Å². The molecule has 1 N–H and O–H groups in total. The van der Waals surface area contributed by atoms with Crippen LogP contribution in [-0.4, -0.2) is 24.3 Å². The zero-order valence-electron chi connectivity index (χ0n) is 6.38. The van der Waals surface area contributed by atoms with Gasteiger partial charge in [-0.2, -0.15) is 0 Å². The first kappa shape index (κ1) is 7.10. The van der Waals surface area contributed by atoms with Gasteiger partial charge in [0.1, 0.15) is 0 Å². The van der Waals surface area contributed by atoms with Crippen LogP contribution < -0.4 is 0 Å². The Kier molecular flexibility index (Phi) is 1.42. The summed E-state index contributed by atoms with van der Waals surface area (Å²) in [4.78, 5) is 10.2. The number of ether oxygens (including phenoxy) is 1. The molecule has 0 bridgehead atoms. The monoisotopic (exact) mass is 156 g/mol. The first-order chi connectivity index (χ1) is 5.23. The summed E-state index contributed by atoms with van der Waals surface area (Å²) in [5.41, 5.74) is 0.440. The summed E-state index contributed by atoms with van der Waals surface area (Å²) in [6, 6.07) is 0. The molecule has 1 atom stereocenters. The summed E-state index contributed by atoms with van der Waals surface area (Å²) in [7, 11) is 0. The van der Waals surface area contributed by atoms with Gasteiger partial charge in [0.25, 0.3) is 0 Å². The van der Waals surface area contributed by atoms with Crippen molar-refractivity contribution in [3.05, 3.63) is 0 Å². The van der Waals surface area contributed by atoms with Gasteiger partial charge in [-0.05, 0) is 18.8 Å². The van der Waals surface area contributed by atoms with Gasteiger partial charge in [-0.25, -0.2) is 0 Å². The minimum absolute atomic E-state index is 0.326. The van der Waals surface area contributed by atoms with Crippen molar-refractivity contribution in [2.75, 3.05) is 13.2 Å². The molecule has 1 unspecified atom stereocenters. The smallest absolute Gasteiger partial charge is 0.303 e. The van der Waals surface area contributed by atoms with Crippen LogP contribution in [-0.2, 0) is 9.53 Å². The highest BCUT2D eigenvalue weighted by molar-refractivity contribution is 5.66. The van der Waals surface area contributed by atoms with E-state index in [4.69, 9.17) is 9.84 Å². The van der Waals surface area contributed by atoms with Gasteiger partial charge in [0.2, 0.25) is 0 Å². The molecule has 3 nitrogen and oxygen atoms in total. The molecule has 2 aliphatic rings. The average molecular weight is 156 g/mol. The van der Waals surface area contributed by atoms with E-state index in [1.54, 1.807) is 0 Å². The molecule has 1 heterocycles. The van der Waals surface area contributed by atoms with Crippen molar-refractivity contribution in [3.8, 4) is 0 Å². The number of aliphatic carboxylic acids is 1. The van der Waals surface area contributed by atoms with Crippen molar-refractivity contribution in [2.45, 2.75) is 19.3 Å². The molecule has 2 fully saturated rings. The molecule has 2 rings (SSSR count). The fraction of sp³-hybridized carbons (Fsp3) is 0.875. The average Bonchev–Trinajstić information content (AvgIpc) is 2.55. The predicted molar refractivity (Wildman–Crippen MR) is 38.2 cm³/mol. The Balaban J connectivity index is 1.71. The largest absolute Gasteiger partial charge is 0.481 e. The quantitative estimate of drug-likeness (QED) is 0.660. The van der Waals surface area contributed by atoms with Crippen molar-refractivity contribution in [1.82, 2.24) is 0 Å². The third-order valence-corrected chi connectivity index (χ3v) is 2.84.